The average molecular weight is 953 g/mol. The lowest BCUT2D eigenvalue weighted by atomic mass is 10.0. The fourth-order valence-corrected chi connectivity index (χ4v) is 10.0. The zero-order valence-electron chi connectivity index (χ0n) is 35.0. The average Bonchev–Trinajstić information content (AvgIpc) is 3.79. The third kappa shape index (κ3) is 19.0. The Labute approximate surface area is 371 Å². The minimum atomic E-state index is -3.32. The van der Waals surface area contributed by atoms with Gasteiger partial charge in [-0.15, -0.1) is 0 Å². The molecule has 7 N–H and O–H groups in total. The minimum Gasteiger partial charge on any atom is -0.356 e. The molecule has 63 heavy (non-hydrogen) atoms. The highest BCUT2D eigenvalue weighted by Gasteiger charge is 2.42. The van der Waals surface area contributed by atoms with Crippen molar-refractivity contribution in [3.8, 4) is 0 Å². The molecular weight excluding hydrogens is 897 g/mol. The molecule has 7 amide bonds. The maximum atomic E-state index is 14.3. The first-order chi connectivity index (χ1) is 30.0. The number of halogens is 4. The first kappa shape index (κ1) is 52.9. The summed E-state index contributed by atoms with van der Waals surface area (Å²) in [6.07, 6.45) is 8.55. The number of nitrogens with one attached hydrogen (secondary N) is 7. The van der Waals surface area contributed by atoms with Crippen molar-refractivity contribution in [2.24, 2.45) is 5.11 Å². The largest absolute Gasteiger partial charge is 0.356 e. The van der Waals surface area contributed by atoms with Crippen LogP contribution >= 0.6 is 22.6 Å². The Morgan fingerprint density at radius 1 is 0.778 bits per heavy atom. The molecule has 4 unspecified atom stereocenters. The van der Waals surface area contributed by atoms with E-state index < -0.39 is 67.2 Å². The molecule has 0 aliphatic carbocycles. The van der Waals surface area contributed by atoms with Crippen molar-refractivity contribution in [1.82, 2.24) is 37.2 Å². The highest BCUT2D eigenvalue weighted by atomic mass is 33.1. The molecule has 0 saturated carbocycles. The molecule has 0 aromatic heterocycles. The molecule has 2 fully saturated rings. The summed E-state index contributed by atoms with van der Waals surface area (Å²) in [5.74, 6) is -9.67. The third-order valence-electron chi connectivity index (χ3n) is 10.1. The van der Waals surface area contributed by atoms with Crippen LogP contribution in [0.2, 0.25) is 0 Å². The van der Waals surface area contributed by atoms with Crippen molar-refractivity contribution < 1.29 is 54.7 Å². The highest BCUT2D eigenvalue weighted by molar-refractivity contribution is 8.71. The van der Waals surface area contributed by atoms with Gasteiger partial charge in [-0.1, -0.05) is 24.4 Å². The maximum Gasteiger partial charge on any atom is 0.315 e. The van der Waals surface area contributed by atoms with Crippen LogP contribution in [0.4, 0.5) is 28.0 Å². The molecule has 4 atom stereocenters. The van der Waals surface area contributed by atoms with E-state index in [0.717, 1.165) is 44.1 Å². The summed E-state index contributed by atoms with van der Waals surface area (Å²) in [5.41, 5.74) is 5.28. The second-order valence-corrected chi connectivity index (χ2v) is 20.9. The number of thioether (sulfide) groups is 1. The number of nitrogens with zero attached hydrogens (tertiary/aromatic N) is 3. The van der Waals surface area contributed by atoms with Gasteiger partial charge >= 0.3 is 6.03 Å². The van der Waals surface area contributed by atoms with Gasteiger partial charge in [-0.25, -0.2) is 30.8 Å². The monoisotopic (exact) mass is 952 g/mol. The Hall–Kier alpha value is -4.48. The van der Waals surface area contributed by atoms with E-state index in [-0.39, 0.29) is 74.5 Å². The van der Waals surface area contributed by atoms with Gasteiger partial charge in [-0.05, 0) is 74.1 Å². The van der Waals surface area contributed by atoms with Crippen LogP contribution in [0.1, 0.15) is 107 Å². The highest BCUT2D eigenvalue weighted by Crippen LogP contribution is 2.33. The lowest BCUT2D eigenvalue weighted by Gasteiger charge is -2.19. The Kier molecular flexibility index (Phi) is 23.2. The summed E-state index contributed by atoms with van der Waals surface area (Å²) in [6, 6.07) is -0.708. The molecular formula is C38H56F4N10O8S3. The van der Waals surface area contributed by atoms with Gasteiger partial charge in [0, 0.05) is 73.4 Å². The molecule has 2 heterocycles. The van der Waals surface area contributed by atoms with E-state index >= 15 is 0 Å². The van der Waals surface area contributed by atoms with Crippen LogP contribution in [0, 0.1) is 23.3 Å². The summed E-state index contributed by atoms with van der Waals surface area (Å²) in [5, 5.41) is 22.0. The molecule has 25 heteroatoms. The molecule has 352 valence electrons. The van der Waals surface area contributed by atoms with Gasteiger partial charge in [-0.3, -0.25) is 24.0 Å². The minimum absolute atomic E-state index is 0.00104. The van der Waals surface area contributed by atoms with Gasteiger partial charge in [0.25, 0.3) is 5.91 Å². The maximum absolute atomic E-state index is 14.3. The quantitative estimate of drug-likeness (QED) is 0.00832. The zero-order valence-corrected chi connectivity index (χ0v) is 37.5. The Morgan fingerprint density at radius 2 is 1.35 bits per heavy atom. The molecule has 2 aliphatic rings. The molecule has 1 aromatic carbocycles. The Balaban J connectivity index is 1.27. The summed E-state index contributed by atoms with van der Waals surface area (Å²) in [4.78, 5) is 76.1. The summed E-state index contributed by atoms with van der Waals surface area (Å²) in [7, 11) is -2.66. The molecule has 1 aromatic rings. The number of carbonyl (C=O) groups excluding carboxylic acids is 6. The summed E-state index contributed by atoms with van der Waals surface area (Å²) < 4.78 is 79.4. The predicted molar refractivity (Wildman–Crippen MR) is 230 cm³/mol. The van der Waals surface area contributed by atoms with Crippen molar-refractivity contribution in [2.75, 3.05) is 43.9 Å². The number of unbranched alkanes of at least 4 members (excludes halogenated alkanes) is 6. The molecule has 2 saturated heterocycles. The van der Waals surface area contributed by atoms with Gasteiger partial charge in [0.1, 0.15) is 17.3 Å². The van der Waals surface area contributed by atoms with Crippen LogP contribution in [0.15, 0.2) is 5.11 Å². The van der Waals surface area contributed by atoms with Gasteiger partial charge in [0.2, 0.25) is 23.6 Å². The number of hydrogen-bond donors (Lipinski definition) is 7. The number of carbonyl (C=O) groups is 6. The van der Waals surface area contributed by atoms with Crippen LogP contribution in [0.3, 0.4) is 0 Å². The SMILES string of the molecule is CS(=O)(=O)SCCNC(=O)C(CCCCNC(=O)CCCCCNC(=O)CCCCC1SCC2NC(=O)NC21)NC(=O)CCCCCNC(=O)c1c(F)c(F)c(N=[N+]=[N-])c(F)c1F. The fraction of sp³-hybridized carbons (Fsp3) is 0.684. The molecule has 0 spiro atoms. The van der Waals surface area contributed by atoms with Crippen molar-refractivity contribution in [3.63, 3.8) is 0 Å². The van der Waals surface area contributed by atoms with Crippen molar-refractivity contribution in [1.29, 1.82) is 0 Å². The van der Waals surface area contributed by atoms with E-state index in [2.05, 4.69) is 47.2 Å². The Bertz CT molecular complexity index is 1900. The Morgan fingerprint density at radius 3 is 1.95 bits per heavy atom. The van der Waals surface area contributed by atoms with Crippen LogP contribution < -0.4 is 37.2 Å². The van der Waals surface area contributed by atoms with Crippen LogP contribution in [0.25, 0.3) is 10.4 Å². The van der Waals surface area contributed by atoms with E-state index in [9.17, 15) is 54.7 Å². The number of fused-ring (bicyclic) bond motifs is 1. The van der Waals surface area contributed by atoms with Gasteiger partial charge in [0.05, 0.1) is 12.1 Å². The molecule has 2 aliphatic heterocycles. The van der Waals surface area contributed by atoms with Crippen LogP contribution in [-0.4, -0.2) is 111 Å². The first-order valence-electron chi connectivity index (χ1n) is 20.8. The lowest BCUT2D eigenvalue weighted by Crippen LogP contribution is -2.47. The normalized spacial score (nSPS) is 17.1. The first-order valence-corrected chi connectivity index (χ1v) is 25.3. The summed E-state index contributed by atoms with van der Waals surface area (Å²) in [6.45, 7) is 0.737. The van der Waals surface area contributed by atoms with E-state index in [1.165, 1.54) is 0 Å². The molecule has 3 rings (SSSR count). The van der Waals surface area contributed by atoms with Crippen molar-refractivity contribution in [2.45, 2.75) is 120 Å². The number of amides is 7. The van der Waals surface area contributed by atoms with Gasteiger partial charge in [-0.2, -0.15) is 11.8 Å². The smallest absolute Gasteiger partial charge is 0.315 e. The number of hydrogen-bond acceptors (Lipinski definition) is 11. The molecule has 0 bridgehead atoms. The van der Waals surface area contributed by atoms with Crippen molar-refractivity contribution >= 4 is 72.7 Å². The van der Waals surface area contributed by atoms with E-state index in [4.69, 9.17) is 5.53 Å². The van der Waals surface area contributed by atoms with Crippen molar-refractivity contribution in [3.05, 3.63) is 39.3 Å². The van der Waals surface area contributed by atoms with Gasteiger partial charge in [0.15, 0.2) is 32.1 Å². The molecule has 18 nitrogen and oxygen atoms in total. The standard InChI is InChI=1S/C38H56F4N10O8S3/c1-63(59,60)62-21-20-47-36(56)23(48-28(55)16-5-3-10-19-46-37(57)29-30(39)32(41)35(51-52-43)33(42)31(29)40)12-8-11-18-45-26(53)14-4-2-9-17-44-27(54)15-7-6-13-25-34-24(22-61-25)49-38(58)50-34/h23-25,34H,2-22H2,1H3,(H,44,54)(H,45,53)(H,46,57)(H,47,56)(H,48,55)(H2,49,50,58). The topological polar surface area (TPSA) is 270 Å². The second kappa shape index (κ2) is 27.6. The second-order valence-electron chi connectivity index (χ2n) is 15.0. The van der Waals surface area contributed by atoms with E-state index in [1.54, 1.807) is 0 Å². The van der Waals surface area contributed by atoms with Crippen LogP contribution in [-0.2, 0) is 28.0 Å². The molecule has 0 radical (unpaired) electrons. The summed E-state index contributed by atoms with van der Waals surface area (Å²) >= 11 is 1.85. The number of azide groups is 1. The van der Waals surface area contributed by atoms with Gasteiger partial charge < -0.3 is 37.2 Å². The lowest BCUT2D eigenvalue weighted by molar-refractivity contribution is -0.129. The number of urea groups is 1. The number of benzene rings is 1. The van der Waals surface area contributed by atoms with E-state index in [0.29, 0.717) is 67.7 Å². The zero-order chi connectivity index (χ0) is 46.4. The fourth-order valence-electron chi connectivity index (χ4n) is 6.82. The number of rotatable bonds is 30. The van der Waals surface area contributed by atoms with Crippen LogP contribution in [0.5, 0.6) is 0 Å². The van der Waals surface area contributed by atoms with E-state index in [1.807, 2.05) is 11.8 Å². The predicted octanol–water partition coefficient (Wildman–Crippen LogP) is 4.46. The third-order valence-corrected chi connectivity index (χ3v) is 14.1.